The van der Waals surface area contributed by atoms with Crippen LogP contribution in [0.5, 0.6) is 0 Å². The molecule has 17 heavy (non-hydrogen) atoms. The Hall–Kier alpha value is -1.23. The zero-order valence-corrected chi connectivity index (χ0v) is 10.6. The van der Waals surface area contributed by atoms with E-state index < -0.39 is 5.97 Å². The fourth-order valence-corrected chi connectivity index (χ4v) is 2.84. The van der Waals surface area contributed by atoms with E-state index in [4.69, 9.17) is 5.11 Å². The van der Waals surface area contributed by atoms with Gasteiger partial charge in [-0.25, -0.2) is 9.78 Å². The number of pyridine rings is 1. The van der Waals surface area contributed by atoms with Gasteiger partial charge in [-0.3, -0.25) is 0 Å². The highest BCUT2D eigenvalue weighted by atomic mass is 32.2. The summed E-state index contributed by atoms with van der Waals surface area (Å²) in [6.45, 7) is 0.851. The third kappa shape index (κ3) is 2.72. The van der Waals surface area contributed by atoms with Gasteiger partial charge in [-0.2, -0.15) is 11.8 Å². The Bertz CT molecular complexity index is 413. The standard InChI is InChI=1S/C12H16N2O2S/c1-17-12(6-3-7-12)8-13-10-5-2-4-9(14-10)11(15)16/h2,4-5H,3,6-8H2,1H3,(H,13,14)(H,15,16). The summed E-state index contributed by atoms with van der Waals surface area (Å²) in [6.07, 6.45) is 5.85. The first-order valence-corrected chi connectivity index (χ1v) is 6.87. The van der Waals surface area contributed by atoms with E-state index in [1.54, 1.807) is 12.1 Å². The van der Waals surface area contributed by atoms with E-state index in [1.807, 2.05) is 11.8 Å². The highest BCUT2D eigenvalue weighted by molar-refractivity contribution is 8.00. The van der Waals surface area contributed by atoms with Crippen LogP contribution in [-0.4, -0.2) is 33.6 Å². The number of nitrogens with zero attached hydrogens (tertiary/aromatic N) is 1. The molecule has 0 radical (unpaired) electrons. The van der Waals surface area contributed by atoms with Gasteiger partial charge in [-0.15, -0.1) is 0 Å². The molecule has 1 aromatic heterocycles. The van der Waals surface area contributed by atoms with Crippen molar-refractivity contribution in [3.05, 3.63) is 23.9 Å². The van der Waals surface area contributed by atoms with Crippen LogP contribution in [-0.2, 0) is 0 Å². The number of nitrogens with one attached hydrogen (secondary N) is 1. The molecule has 0 unspecified atom stereocenters. The van der Waals surface area contributed by atoms with Crippen molar-refractivity contribution >= 4 is 23.5 Å². The SMILES string of the molecule is CSC1(CNc2cccc(C(=O)O)n2)CCC1. The summed E-state index contributed by atoms with van der Waals surface area (Å²) in [4.78, 5) is 14.8. The molecule has 0 spiro atoms. The molecule has 1 aliphatic carbocycles. The van der Waals surface area contributed by atoms with Crippen LogP contribution in [0, 0.1) is 0 Å². The predicted molar refractivity (Wildman–Crippen MR) is 69.8 cm³/mol. The minimum Gasteiger partial charge on any atom is -0.477 e. The van der Waals surface area contributed by atoms with Crippen molar-refractivity contribution in [2.24, 2.45) is 0 Å². The summed E-state index contributed by atoms with van der Waals surface area (Å²) in [6, 6.07) is 5.02. The third-order valence-corrected chi connectivity index (χ3v) is 4.68. The van der Waals surface area contributed by atoms with Crippen molar-refractivity contribution in [3.8, 4) is 0 Å². The van der Waals surface area contributed by atoms with Crippen LogP contribution in [0.1, 0.15) is 29.8 Å². The topological polar surface area (TPSA) is 62.2 Å². The van der Waals surface area contributed by atoms with Crippen molar-refractivity contribution < 1.29 is 9.90 Å². The second-order valence-corrected chi connectivity index (χ2v) is 5.58. The summed E-state index contributed by atoms with van der Waals surface area (Å²) in [5.41, 5.74) is 0.0850. The summed E-state index contributed by atoms with van der Waals surface area (Å²) in [5.74, 6) is -0.345. The molecule has 0 amide bonds. The Morgan fingerprint density at radius 1 is 1.59 bits per heavy atom. The summed E-state index contributed by atoms with van der Waals surface area (Å²) in [5, 5.41) is 12.1. The molecule has 0 bridgehead atoms. The van der Waals surface area contributed by atoms with E-state index in [0.717, 1.165) is 6.54 Å². The Labute approximate surface area is 105 Å². The molecule has 4 nitrogen and oxygen atoms in total. The van der Waals surface area contributed by atoms with Crippen LogP contribution in [0.25, 0.3) is 0 Å². The summed E-state index contributed by atoms with van der Waals surface area (Å²) in [7, 11) is 0. The maximum Gasteiger partial charge on any atom is 0.354 e. The minimum atomic E-state index is -0.989. The number of hydrogen-bond acceptors (Lipinski definition) is 4. The van der Waals surface area contributed by atoms with Crippen LogP contribution in [0.4, 0.5) is 5.82 Å². The zero-order chi connectivity index (χ0) is 12.3. The van der Waals surface area contributed by atoms with Crippen LogP contribution in [0.15, 0.2) is 18.2 Å². The number of rotatable bonds is 5. The quantitative estimate of drug-likeness (QED) is 0.843. The van der Waals surface area contributed by atoms with E-state index in [1.165, 1.54) is 25.3 Å². The zero-order valence-electron chi connectivity index (χ0n) is 9.77. The summed E-state index contributed by atoms with van der Waals surface area (Å²) >= 11 is 1.88. The van der Waals surface area contributed by atoms with Gasteiger partial charge < -0.3 is 10.4 Å². The Kier molecular flexibility index (Phi) is 3.57. The number of carboxylic acids is 1. The van der Waals surface area contributed by atoms with E-state index in [2.05, 4.69) is 16.6 Å². The van der Waals surface area contributed by atoms with Crippen LogP contribution in [0.2, 0.25) is 0 Å². The molecule has 0 aliphatic heterocycles. The van der Waals surface area contributed by atoms with E-state index in [9.17, 15) is 4.79 Å². The first-order chi connectivity index (χ1) is 8.15. The number of aromatic carboxylic acids is 1. The predicted octanol–water partition coefficient (Wildman–Crippen LogP) is 2.48. The van der Waals surface area contributed by atoms with Crippen molar-refractivity contribution in [1.29, 1.82) is 0 Å². The average molecular weight is 252 g/mol. The van der Waals surface area contributed by atoms with Crippen molar-refractivity contribution in [2.45, 2.75) is 24.0 Å². The van der Waals surface area contributed by atoms with Crippen LogP contribution in [0.3, 0.4) is 0 Å². The third-order valence-electron chi connectivity index (χ3n) is 3.26. The van der Waals surface area contributed by atoms with E-state index in [0.29, 0.717) is 10.6 Å². The molecule has 0 atom stereocenters. The highest BCUT2D eigenvalue weighted by Crippen LogP contribution is 2.42. The van der Waals surface area contributed by atoms with Crippen LogP contribution >= 0.6 is 11.8 Å². The van der Waals surface area contributed by atoms with Gasteiger partial charge in [0.1, 0.15) is 5.82 Å². The fourth-order valence-electron chi connectivity index (χ4n) is 1.93. The molecule has 0 saturated heterocycles. The molecular weight excluding hydrogens is 236 g/mol. The number of thioether (sulfide) groups is 1. The molecule has 5 heteroatoms. The first kappa shape index (κ1) is 12.2. The first-order valence-electron chi connectivity index (χ1n) is 5.65. The maximum atomic E-state index is 10.8. The van der Waals surface area contributed by atoms with Crippen molar-refractivity contribution in [1.82, 2.24) is 4.98 Å². The maximum absolute atomic E-state index is 10.8. The Morgan fingerprint density at radius 3 is 2.88 bits per heavy atom. The lowest BCUT2D eigenvalue weighted by Crippen LogP contribution is -2.40. The number of carboxylic acid groups (broad SMARTS) is 1. The van der Waals surface area contributed by atoms with Gasteiger partial charge >= 0.3 is 5.97 Å². The molecular formula is C12H16N2O2S. The van der Waals surface area contributed by atoms with Gasteiger partial charge in [-0.1, -0.05) is 12.5 Å². The monoisotopic (exact) mass is 252 g/mol. The molecule has 1 aliphatic rings. The smallest absolute Gasteiger partial charge is 0.354 e. The molecule has 1 saturated carbocycles. The molecule has 1 fully saturated rings. The number of carbonyl (C=O) groups is 1. The van der Waals surface area contributed by atoms with E-state index >= 15 is 0 Å². The number of anilines is 1. The molecule has 92 valence electrons. The fraction of sp³-hybridized carbons (Fsp3) is 0.500. The minimum absolute atomic E-state index is 0.0850. The molecule has 0 aromatic carbocycles. The van der Waals surface area contributed by atoms with E-state index in [-0.39, 0.29) is 5.69 Å². The number of aromatic nitrogens is 1. The van der Waals surface area contributed by atoms with Crippen molar-refractivity contribution in [2.75, 3.05) is 18.1 Å². The lowest BCUT2D eigenvalue weighted by Gasteiger charge is -2.40. The van der Waals surface area contributed by atoms with Gasteiger partial charge in [0, 0.05) is 11.3 Å². The van der Waals surface area contributed by atoms with Gasteiger partial charge in [0.05, 0.1) is 0 Å². The largest absolute Gasteiger partial charge is 0.477 e. The second-order valence-electron chi connectivity index (χ2n) is 4.31. The second kappa shape index (κ2) is 4.96. The molecule has 1 aromatic rings. The highest BCUT2D eigenvalue weighted by Gasteiger charge is 2.35. The Balaban J connectivity index is 1.99. The molecule has 2 rings (SSSR count). The van der Waals surface area contributed by atoms with Gasteiger partial charge in [0.15, 0.2) is 5.69 Å². The molecule has 2 N–H and O–H groups in total. The summed E-state index contributed by atoms with van der Waals surface area (Å²) < 4.78 is 0.320. The van der Waals surface area contributed by atoms with Crippen molar-refractivity contribution in [3.63, 3.8) is 0 Å². The lowest BCUT2D eigenvalue weighted by molar-refractivity contribution is 0.0690. The van der Waals surface area contributed by atoms with Gasteiger partial charge in [0.25, 0.3) is 0 Å². The van der Waals surface area contributed by atoms with Gasteiger partial charge in [-0.05, 0) is 31.2 Å². The molecule has 1 heterocycles. The number of hydrogen-bond donors (Lipinski definition) is 2. The average Bonchev–Trinajstić information content (AvgIpc) is 2.28. The Morgan fingerprint density at radius 2 is 2.35 bits per heavy atom. The normalized spacial score (nSPS) is 17.2. The van der Waals surface area contributed by atoms with Crippen LogP contribution < -0.4 is 5.32 Å². The van der Waals surface area contributed by atoms with Gasteiger partial charge in [0.2, 0.25) is 0 Å². The lowest BCUT2D eigenvalue weighted by atomic mass is 9.84.